The minimum absolute atomic E-state index is 0.470. The molecule has 5 heteroatoms. The van der Waals surface area contributed by atoms with Gasteiger partial charge in [-0.1, -0.05) is 11.6 Å². The summed E-state index contributed by atoms with van der Waals surface area (Å²) in [6, 6.07) is 7.73. The Morgan fingerprint density at radius 3 is 2.60 bits per heavy atom. The zero-order valence-corrected chi connectivity index (χ0v) is 13.4. The molecule has 0 bridgehead atoms. The molecule has 1 atom stereocenters. The van der Waals surface area contributed by atoms with Crippen LogP contribution < -0.4 is 5.32 Å². The molecule has 2 rings (SSSR count). The number of nitrogens with one attached hydrogen (secondary N) is 1. The van der Waals surface area contributed by atoms with Crippen molar-refractivity contribution < 1.29 is 8.63 Å². The van der Waals surface area contributed by atoms with Crippen molar-refractivity contribution in [2.75, 3.05) is 11.6 Å². The summed E-state index contributed by atoms with van der Waals surface area (Å²) < 4.78 is 16.8. The van der Waals surface area contributed by atoms with E-state index in [1.165, 1.54) is 0 Å². The highest BCUT2D eigenvalue weighted by molar-refractivity contribution is 7.83. The minimum Gasteiger partial charge on any atom is -0.466 e. The fourth-order valence-electron chi connectivity index (χ4n) is 2.07. The van der Waals surface area contributed by atoms with Crippen molar-refractivity contribution in [1.29, 1.82) is 0 Å². The van der Waals surface area contributed by atoms with Crippen LogP contribution in [0.25, 0.3) is 0 Å². The lowest BCUT2D eigenvalue weighted by Crippen LogP contribution is -2.01. The van der Waals surface area contributed by atoms with Gasteiger partial charge in [0.2, 0.25) is 0 Å². The summed E-state index contributed by atoms with van der Waals surface area (Å²) in [4.78, 5) is 0. The largest absolute Gasteiger partial charge is 0.466 e. The molecule has 0 radical (unpaired) electrons. The fourth-order valence-corrected chi connectivity index (χ4v) is 3.01. The van der Waals surface area contributed by atoms with Crippen LogP contribution in [0.5, 0.6) is 0 Å². The summed E-state index contributed by atoms with van der Waals surface area (Å²) in [6.07, 6.45) is 1.67. The number of anilines is 1. The molecule has 108 valence electrons. The normalized spacial score (nSPS) is 12.4. The van der Waals surface area contributed by atoms with Crippen LogP contribution in [0.4, 0.5) is 5.69 Å². The van der Waals surface area contributed by atoms with Crippen LogP contribution >= 0.6 is 11.6 Å². The molecule has 0 unspecified atom stereocenters. The highest BCUT2D eigenvalue weighted by Gasteiger charge is 2.07. The van der Waals surface area contributed by atoms with Crippen LogP contribution in [-0.4, -0.2) is 10.5 Å². The lowest BCUT2D eigenvalue weighted by Gasteiger charge is -2.09. The quantitative estimate of drug-likeness (QED) is 0.906. The van der Waals surface area contributed by atoms with Gasteiger partial charge in [-0.3, -0.25) is 4.21 Å². The molecule has 0 spiro atoms. The third kappa shape index (κ3) is 3.87. The zero-order chi connectivity index (χ0) is 14.7. The molecule has 1 N–H and O–H groups in total. The average Bonchev–Trinajstić information content (AvgIpc) is 2.68. The van der Waals surface area contributed by atoms with Gasteiger partial charge >= 0.3 is 0 Å². The number of rotatable bonds is 5. The van der Waals surface area contributed by atoms with E-state index in [-0.39, 0.29) is 0 Å². The average molecular weight is 312 g/mol. The number of aryl methyl sites for hydroxylation is 2. The molecule has 1 aromatic heterocycles. The van der Waals surface area contributed by atoms with E-state index in [1.54, 1.807) is 6.26 Å². The van der Waals surface area contributed by atoms with Gasteiger partial charge in [0.15, 0.2) is 0 Å². The molecule has 0 aliphatic heterocycles. The second-order valence-corrected chi connectivity index (χ2v) is 6.66. The first kappa shape index (κ1) is 15.1. The Morgan fingerprint density at radius 1 is 1.25 bits per heavy atom. The molecule has 3 nitrogen and oxygen atoms in total. The molecule has 0 fully saturated rings. The first-order valence-corrected chi connectivity index (χ1v) is 8.44. The molecular weight excluding hydrogens is 294 g/mol. The summed E-state index contributed by atoms with van der Waals surface area (Å²) in [5.41, 5.74) is 3.00. The number of furan rings is 1. The van der Waals surface area contributed by atoms with Crippen LogP contribution in [0.15, 0.2) is 28.7 Å². The number of hydrogen-bond acceptors (Lipinski definition) is 3. The van der Waals surface area contributed by atoms with E-state index in [4.69, 9.17) is 16.0 Å². The van der Waals surface area contributed by atoms with E-state index < -0.39 is 10.8 Å². The van der Waals surface area contributed by atoms with Crippen molar-refractivity contribution in [2.24, 2.45) is 0 Å². The SMILES string of the molecule is Cc1cc(CNc2ccc(Cl)c(C[S@@](C)=O)c2)c(C)o1. The maximum atomic E-state index is 11.3. The molecule has 0 saturated heterocycles. The van der Waals surface area contributed by atoms with Crippen LogP contribution in [0.2, 0.25) is 5.02 Å². The monoisotopic (exact) mass is 311 g/mol. The number of halogens is 1. The molecular formula is C15H18ClNO2S. The molecule has 20 heavy (non-hydrogen) atoms. The Kier molecular flexibility index (Phi) is 4.89. The summed E-state index contributed by atoms with van der Waals surface area (Å²) in [7, 11) is -0.903. The summed E-state index contributed by atoms with van der Waals surface area (Å²) in [6.45, 7) is 4.59. The highest BCUT2D eigenvalue weighted by atomic mass is 35.5. The van der Waals surface area contributed by atoms with Crippen LogP contribution in [-0.2, 0) is 23.1 Å². The molecule has 1 aromatic carbocycles. The number of hydrogen-bond donors (Lipinski definition) is 1. The van der Waals surface area contributed by atoms with E-state index in [0.29, 0.717) is 17.3 Å². The second-order valence-electron chi connectivity index (χ2n) is 4.82. The van der Waals surface area contributed by atoms with Crippen LogP contribution in [0, 0.1) is 13.8 Å². The molecule has 0 amide bonds. The Labute approximate surface area is 126 Å². The lowest BCUT2D eigenvalue weighted by atomic mass is 10.2. The van der Waals surface area contributed by atoms with Crippen molar-refractivity contribution in [3.05, 3.63) is 51.9 Å². The Balaban J connectivity index is 2.10. The van der Waals surface area contributed by atoms with Gasteiger partial charge in [0, 0.05) is 45.6 Å². The molecule has 2 aromatic rings. The van der Waals surface area contributed by atoms with E-state index in [1.807, 2.05) is 38.1 Å². The van der Waals surface area contributed by atoms with E-state index >= 15 is 0 Å². The zero-order valence-electron chi connectivity index (χ0n) is 11.8. The van der Waals surface area contributed by atoms with E-state index in [0.717, 1.165) is 28.3 Å². The standard InChI is InChI=1S/C15H18ClNO2S/c1-10-6-12(11(2)19-10)8-17-14-4-5-15(16)13(7-14)9-20(3)18/h4-7,17H,8-9H2,1-3H3/t20-/m1/s1. The Bertz CT molecular complexity index is 637. The summed E-state index contributed by atoms with van der Waals surface area (Å²) >= 11 is 6.11. The van der Waals surface area contributed by atoms with Crippen molar-refractivity contribution in [3.8, 4) is 0 Å². The van der Waals surface area contributed by atoms with Gasteiger partial charge in [-0.05, 0) is 43.7 Å². The number of benzene rings is 1. The predicted molar refractivity (Wildman–Crippen MR) is 84.7 cm³/mol. The van der Waals surface area contributed by atoms with Gasteiger partial charge in [-0.15, -0.1) is 0 Å². The van der Waals surface area contributed by atoms with Crippen molar-refractivity contribution in [1.82, 2.24) is 0 Å². The highest BCUT2D eigenvalue weighted by Crippen LogP contribution is 2.23. The summed E-state index contributed by atoms with van der Waals surface area (Å²) in [5, 5.41) is 3.99. The first-order valence-electron chi connectivity index (χ1n) is 6.34. The van der Waals surface area contributed by atoms with Crippen molar-refractivity contribution >= 4 is 28.1 Å². The first-order chi connectivity index (χ1) is 9.45. The van der Waals surface area contributed by atoms with Crippen LogP contribution in [0.3, 0.4) is 0 Å². The minimum atomic E-state index is -0.903. The summed E-state index contributed by atoms with van der Waals surface area (Å²) in [5.74, 6) is 2.31. The Hall–Kier alpha value is -1.26. The maximum absolute atomic E-state index is 11.3. The van der Waals surface area contributed by atoms with Crippen molar-refractivity contribution in [2.45, 2.75) is 26.1 Å². The molecule has 0 aliphatic rings. The van der Waals surface area contributed by atoms with Crippen molar-refractivity contribution in [3.63, 3.8) is 0 Å². The predicted octanol–water partition coefficient (Wildman–Crippen LogP) is 4.04. The topological polar surface area (TPSA) is 42.2 Å². The van der Waals surface area contributed by atoms with Gasteiger partial charge < -0.3 is 9.73 Å². The van der Waals surface area contributed by atoms with Gasteiger partial charge in [-0.25, -0.2) is 0 Å². The molecule has 0 aliphatic carbocycles. The van der Waals surface area contributed by atoms with Gasteiger partial charge in [0.05, 0.1) is 0 Å². The second kappa shape index (κ2) is 6.46. The molecule has 1 heterocycles. The van der Waals surface area contributed by atoms with Gasteiger partial charge in [0.1, 0.15) is 11.5 Å². The maximum Gasteiger partial charge on any atom is 0.106 e. The lowest BCUT2D eigenvalue weighted by molar-refractivity contribution is 0.501. The third-order valence-corrected chi connectivity index (χ3v) is 4.12. The van der Waals surface area contributed by atoms with E-state index in [2.05, 4.69) is 5.32 Å². The van der Waals surface area contributed by atoms with Crippen LogP contribution in [0.1, 0.15) is 22.6 Å². The van der Waals surface area contributed by atoms with E-state index in [9.17, 15) is 4.21 Å². The third-order valence-electron chi connectivity index (χ3n) is 3.03. The molecule has 0 saturated carbocycles. The smallest absolute Gasteiger partial charge is 0.106 e. The Morgan fingerprint density at radius 2 is 2.00 bits per heavy atom. The fraction of sp³-hybridized carbons (Fsp3) is 0.333. The van der Waals surface area contributed by atoms with Gasteiger partial charge in [-0.2, -0.15) is 0 Å². The van der Waals surface area contributed by atoms with Gasteiger partial charge in [0.25, 0.3) is 0 Å².